The summed E-state index contributed by atoms with van der Waals surface area (Å²) in [5, 5.41) is 9.14. The molecule has 1 fully saturated rings. The van der Waals surface area contributed by atoms with E-state index in [1.54, 1.807) is 0 Å². The van der Waals surface area contributed by atoms with Crippen LogP contribution >= 0.6 is 0 Å². The molecule has 0 spiro atoms. The summed E-state index contributed by atoms with van der Waals surface area (Å²) in [5.74, 6) is -1.87. The quantitative estimate of drug-likeness (QED) is 0.757. The molecule has 0 unspecified atom stereocenters. The van der Waals surface area contributed by atoms with Crippen LogP contribution in [0.15, 0.2) is 17.2 Å². The molecule has 0 saturated heterocycles. The average molecular weight is 316 g/mol. The van der Waals surface area contributed by atoms with Crippen LogP contribution in [-0.2, 0) is 19.6 Å². The number of methoxy groups -OCH3 is 1. The summed E-state index contributed by atoms with van der Waals surface area (Å²) >= 11 is 0. The maximum Gasteiger partial charge on any atom is 0.352 e. The Morgan fingerprint density at radius 3 is 2.57 bits per heavy atom. The number of carboxylic acid groups (broad SMARTS) is 1. The van der Waals surface area contributed by atoms with Crippen LogP contribution in [0.25, 0.3) is 0 Å². The van der Waals surface area contributed by atoms with E-state index < -0.39 is 28.5 Å². The zero-order valence-corrected chi connectivity index (χ0v) is 12.5. The highest BCUT2D eigenvalue weighted by Gasteiger charge is 2.32. The lowest BCUT2D eigenvalue weighted by atomic mass is 10.4. The van der Waals surface area contributed by atoms with Gasteiger partial charge in [0.15, 0.2) is 0 Å². The number of carbonyl (C=O) groups excluding carboxylic acids is 1. The number of esters is 1. The van der Waals surface area contributed by atoms with Crippen LogP contribution in [0.1, 0.15) is 29.4 Å². The van der Waals surface area contributed by atoms with E-state index in [4.69, 9.17) is 5.11 Å². The second kappa shape index (κ2) is 5.49. The second-order valence-electron chi connectivity index (χ2n) is 4.84. The molecule has 0 atom stereocenters. The summed E-state index contributed by atoms with van der Waals surface area (Å²) in [7, 11) is -1.54. The molecule has 1 aromatic heterocycles. The Morgan fingerprint density at radius 1 is 1.48 bits per heavy atom. The number of hydrogen-bond acceptors (Lipinski definition) is 5. The Hall–Kier alpha value is -1.87. The van der Waals surface area contributed by atoms with Gasteiger partial charge in [-0.3, -0.25) is 4.79 Å². The van der Waals surface area contributed by atoms with Gasteiger partial charge in [-0.1, -0.05) is 0 Å². The summed E-state index contributed by atoms with van der Waals surface area (Å²) < 4.78 is 31.4. The molecule has 2 rings (SSSR count). The molecule has 1 saturated carbocycles. The molecule has 9 heteroatoms. The van der Waals surface area contributed by atoms with E-state index in [1.165, 1.54) is 17.8 Å². The zero-order valence-electron chi connectivity index (χ0n) is 11.6. The van der Waals surface area contributed by atoms with E-state index in [0.29, 0.717) is 0 Å². The number of nitrogens with zero attached hydrogens (tertiary/aromatic N) is 2. The molecule has 0 radical (unpaired) electrons. The summed E-state index contributed by atoms with van der Waals surface area (Å²) in [4.78, 5) is 22.2. The van der Waals surface area contributed by atoms with Crippen molar-refractivity contribution < 1.29 is 27.9 Å². The van der Waals surface area contributed by atoms with Crippen LogP contribution in [0.3, 0.4) is 0 Å². The molecule has 1 aromatic rings. The lowest BCUT2D eigenvalue weighted by Crippen LogP contribution is -2.32. The highest BCUT2D eigenvalue weighted by molar-refractivity contribution is 7.89. The van der Waals surface area contributed by atoms with Gasteiger partial charge in [0.2, 0.25) is 10.0 Å². The lowest BCUT2D eigenvalue weighted by Gasteiger charge is -2.14. The van der Waals surface area contributed by atoms with Crippen molar-refractivity contribution in [2.45, 2.75) is 23.8 Å². The normalized spacial score (nSPS) is 15.2. The Kier molecular flexibility index (Phi) is 4.06. The van der Waals surface area contributed by atoms with E-state index >= 15 is 0 Å². The number of sulfonamides is 1. The van der Waals surface area contributed by atoms with Crippen molar-refractivity contribution in [1.82, 2.24) is 8.87 Å². The van der Waals surface area contributed by atoms with Crippen molar-refractivity contribution in [2.24, 2.45) is 0 Å². The molecule has 1 N–H and O–H groups in total. The van der Waals surface area contributed by atoms with Gasteiger partial charge in [-0.15, -0.1) is 0 Å². The first-order valence-corrected chi connectivity index (χ1v) is 7.69. The smallest absolute Gasteiger partial charge is 0.352 e. The van der Waals surface area contributed by atoms with E-state index in [2.05, 4.69) is 4.74 Å². The second-order valence-corrected chi connectivity index (χ2v) is 6.89. The molecule has 116 valence electrons. The summed E-state index contributed by atoms with van der Waals surface area (Å²) in [6.45, 7) is -0.435. The first kappa shape index (κ1) is 15.5. The van der Waals surface area contributed by atoms with Crippen LogP contribution in [0.2, 0.25) is 0 Å². The fraction of sp³-hybridized carbons (Fsp3) is 0.500. The lowest BCUT2D eigenvalue weighted by molar-refractivity contribution is -0.140. The molecule has 21 heavy (non-hydrogen) atoms. The van der Waals surface area contributed by atoms with Gasteiger partial charge in [-0.25, -0.2) is 13.2 Å². The van der Waals surface area contributed by atoms with Crippen molar-refractivity contribution in [2.75, 3.05) is 20.7 Å². The van der Waals surface area contributed by atoms with Crippen molar-refractivity contribution in [3.8, 4) is 0 Å². The minimum atomic E-state index is -3.94. The number of aromatic nitrogens is 1. The van der Waals surface area contributed by atoms with Gasteiger partial charge in [0, 0.05) is 19.3 Å². The topological polar surface area (TPSA) is 106 Å². The van der Waals surface area contributed by atoms with Crippen molar-refractivity contribution in [1.29, 1.82) is 0 Å². The van der Waals surface area contributed by atoms with Gasteiger partial charge < -0.3 is 14.4 Å². The number of carbonyl (C=O) groups is 2. The van der Waals surface area contributed by atoms with E-state index in [-0.39, 0.29) is 16.6 Å². The highest BCUT2D eigenvalue weighted by atomic mass is 32.2. The first-order chi connectivity index (χ1) is 9.77. The minimum absolute atomic E-state index is 0.0333. The summed E-state index contributed by atoms with van der Waals surface area (Å²) in [6, 6.07) is 1.15. The maximum atomic E-state index is 12.3. The molecule has 1 aliphatic carbocycles. The maximum absolute atomic E-state index is 12.3. The number of carboxylic acids is 1. The van der Waals surface area contributed by atoms with Crippen LogP contribution in [0.4, 0.5) is 0 Å². The molecule has 1 heterocycles. The number of rotatable bonds is 6. The standard InChI is InChI=1S/C12H16N2O6S/c1-13(7-11(15)20-2)21(18,19)9-5-10(12(16)17)14(6-9)8-3-4-8/h5-6,8H,3-4,7H2,1-2H3,(H,16,17). The Bertz CT molecular complexity index is 674. The van der Waals surface area contributed by atoms with Crippen molar-refractivity contribution in [3.05, 3.63) is 18.0 Å². The molecule has 0 aromatic carbocycles. The third-order valence-electron chi connectivity index (χ3n) is 3.27. The van der Waals surface area contributed by atoms with Gasteiger partial charge >= 0.3 is 11.9 Å². The Labute approximate surface area is 122 Å². The molecular formula is C12H16N2O6S. The predicted molar refractivity (Wildman–Crippen MR) is 71.5 cm³/mol. The fourth-order valence-electron chi connectivity index (χ4n) is 1.93. The molecule has 0 bridgehead atoms. The SMILES string of the molecule is COC(=O)CN(C)S(=O)(=O)c1cc(C(=O)O)n(C2CC2)c1. The van der Waals surface area contributed by atoms with Gasteiger partial charge in [0.25, 0.3) is 0 Å². The third kappa shape index (κ3) is 3.08. The molecule has 8 nitrogen and oxygen atoms in total. The van der Waals surface area contributed by atoms with Gasteiger partial charge in [-0.05, 0) is 18.9 Å². The van der Waals surface area contributed by atoms with Crippen molar-refractivity contribution >= 4 is 22.0 Å². The van der Waals surface area contributed by atoms with Gasteiger partial charge in [-0.2, -0.15) is 4.31 Å². The van der Waals surface area contributed by atoms with E-state index in [1.807, 2.05) is 0 Å². The van der Waals surface area contributed by atoms with E-state index in [0.717, 1.165) is 30.3 Å². The third-order valence-corrected chi connectivity index (χ3v) is 5.04. The first-order valence-electron chi connectivity index (χ1n) is 6.25. The average Bonchev–Trinajstić information content (AvgIpc) is 3.16. The van der Waals surface area contributed by atoms with Crippen LogP contribution in [0.5, 0.6) is 0 Å². The number of aromatic carboxylic acids is 1. The molecular weight excluding hydrogens is 300 g/mol. The van der Waals surface area contributed by atoms with Crippen LogP contribution in [-0.4, -0.2) is 55.0 Å². The van der Waals surface area contributed by atoms with Crippen LogP contribution in [0, 0.1) is 0 Å². The molecule has 1 aliphatic rings. The fourth-order valence-corrected chi connectivity index (χ4v) is 3.08. The van der Waals surface area contributed by atoms with E-state index in [9.17, 15) is 18.0 Å². The summed E-state index contributed by atoms with van der Waals surface area (Å²) in [5.41, 5.74) is -0.0671. The number of hydrogen-bond donors (Lipinski definition) is 1. The zero-order chi connectivity index (χ0) is 15.8. The summed E-state index contributed by atoms with van der Waals surface area (Å²) in [6.07, 6.45) is 2.96. The van der Waals surface area contributed by atoms with Gasteiger partial charge in [0.05, 0.1) is 7.11 Å². The number of ether oxygens (including phenoxy) is 1. The molecule has 0 aliphatic heterocycles. The highest BCUT2D eigenvalue weighted by Crippen LogP contribution is 2.37. The predicted octanol–water partition coefficient (Wildman–Crippen LogP) is 0.315. The minimum Gasteiger partial charge on any atom is -0.477 e. The Balaban J connectivity index is 2.34. The number of likely N-dealkylation sites (N-methyl/N-ethyl adjacent to an activating group) is 1. The van der Waals surface area contributed by atoms with Crippen LogP contribution < -0.4 is 0 Å². The monoisotopic (exact) mass is 316 g/mol. The molecule has 0 amide bonds. The van der Waals surface area contributed by atoms with Gasteiger partial charge in [0.1, 0.15) is 17.1 Å². The largest absolute Gasteiger partial charge is 0.477 e. The van der Waals surface area contributed by atoms with Crippen molar-refractivity contribution in [3.63, 3.8) is 0 Å². The Morgan fingerprint density at radius 2 is 2.10 bits per heavy atom.